The molecule has 0 saturated carbocycles. The molecule has 0 aromatic heterocycles. The number of aryl methyl sites for hydroxylation is 6. The summed E-state index contributed by atoms with van der Waals surface area (Å²) in [5.41, 5.74) is 17.6. The third kappa shape index (κ3) is 3.13. The summed E-state index contributed by atoms with van der Waals surface area (Å²) in [5, 5.41) is 1.22. The monoisotopic (exact) mass is 588 g/mol. The van der Waals surface area contributed by atoms with Gasteiger partial charge in [-0.05, 0) is 93.5 Å². The maximum Gasteiger partial charge on any atom is 0.0431 e. The molecule has 0 bridgehead atoms. The molecule has 0 N–H and O–H groups in total. The molecule has 3 heteroatoms. The normalized spacial score (nSPS) is 37.2. The fourth-order valence-corrected chi connectivity index (χ4v) is 33.2. The number of benzene rings is 2. The van der Waals surface area contributed by atoms with E-state index in [1.807, 2.05) is 0 Å². The quantitative estimate of drug-likeness (QED) is 0.230. The lowest BCUT2D eigenvalue weighted by Crippen LogP contribution is -2.39. The van der Waals surface area contributed by atoms with Crippen LogP contribution in [-0.2, 0) is 5.16 Å². The second kappa shape index (κ2) is 8.26. The maximum atomic E-state index is 4.30. The summed E-state index contributed by atoms with van der Waals surface area (Å²) in [7, 11) is -0.741. The molecule has 4 saturated heterocycles. The highest BCUT2D eigenvalue weighted by Gasteiger charge is 3.09. The summed E-state index contributed by atoms with van der Waals surface area (Å²) in [4.78, 5) is 0.713. The van der Waals surface area contributed by atoms with Gasteiger partial charge in [-0.25, -0.2) is 0 Å². The molecule has 4 fully saturated rings. The number of rotatable bonds is 1. The summed E-state index contributed by atoms with van der Waals surface area (Å²) in [6.07, 6.45) is 0. The van der Waals surface area contributed by atoms with Crippen molar-refractivity contribution in [2.75, 3.05) is 0 Å². The molecule has 0 amide bonds. The van der Waals surface area contributed by atoms with E-state index in [1.165, 1.54) is 27.8 Å². The Balaban J connectivity index is 1.70. The summed E-state index contributed by atoms with van der Waals surface area (Å²) in [6.45, 7) is 37.3. The Bertz CT molecular complexity index is 1470. The van der Waals surface area contributed by atoms with Gasteiger partial charge < -0.3 is 0 Å². The van der Waals surface area contributed by atoms with E-state index in [2.05, 4.69) is 140 Å². The minimum absolute atomic E-state index is 0.0757. The first kappa shape index (κ1) is 29.4. The van der Waals surface area contributed by atoms with Gasteiger partial charge in [-0.3, -0.25) is 0 Å². The molecule has 214 valence electrons. The van der Waals surface area contributed by atoms with E-state index in [4.69, 9.17) is 0 Å². The van der Waals surface area contributed by atoms with Crippen molar-refractivity contribution >= 4 is 23.8 Å². The molecule has 0 radical (unpaired) electrons. The van der Waals surface area contributed by atoms with Gasteiger partial charge in [0.25, 0.3) is 0 Å². The van der Waals surface area contributed by atoms with Crippen LogP contribution in [0, 0.1) is 69.4 Å². The first-order chi connectivity index (χ1) is 18.2. The van der Waals surface area contributed by atoms with Crippen LogP contribution in [0.4, 0.5) is 0 Å². The van der Waals surface area contributed by atoms with Crippen LogP contribution in [0.15, 0.2) is 24.3 Å². The van der Waals surface area contributed by atoms with Crippen molar-refractivity contribution in [2.45, 2.75) is 130 Å². The smallest absolute Gasteiger partial charge is 0.0431 e. The zero-order valence-corrected chi connectivity index (χ0v) is 30.5. The molecule has 4 heterocycles. The summed E-state index contributed by atoms with van der Waals surface area (Å²) in [6, 6.07) is 9.67. The van der Waals surface area contributed by atoms with Gasteiger partial charge in [-0.2, -0.15) is 0 Å². The third-order valence-electron chi connectivity index (χ3n) is 10.7. The average Bonchev–Trinajstić information content (AvgIpc) is 3.55. The van der Waals surface area contributed by atoms with Crippen LogP contribution in [0.3, 0.4) is 0 Å². The molecule has 40 heavy (non-hydrogen) atoms. The molecule has 0 spiro atoms. The third-order valence-corrected chi connectivity index (χ3v) is 27.3. The highest BCUT2D eigenvalue weighted by atomic mass is 31.2. The van der Waals surface area contributed by atoms with Crippen molar-refractivity contribution in [3.8, 4) is 11.6 Å². The molecule has 0 nitrogen and oxygen atoms in total. The van der Waals surface area contributed by atoms with Gasteiger partial charge in [0.15, 0.2) is 0 Å². The van der Waals surface area contributed by atoms with E-state index in [0.29, 0.717) is 20.4 Å². The molecule has 2 aromatic rings. The summed E-state index contributed by atoms with van der Waals surface area (Å²) in [5.74, 6) is 3.96. The van der Waals surface area contributed by atoms with Gasteiger partial charge in [0, 0.05) is 31.6 Å². The first-order valence-electron chi connectivity index (χ1n) is 15.3. The zero-order chi connectivity index (χ0) is 29.7. The van der Waals surface area contributed by atoms with Gasteiger partial charge >= 0.3 is 0 Å². The van der Waals surface area contributed by atoms with Gasteiger partial charge in [0.1, 0.15) is 0 Å². The van der Waals surface area contributed by atoms with Crippen molar-refractivity contribution < 1.29 is 0 Å². The van der Waals surface area contributed by atoms with Crippen LogP contribution < -0.4 is 0 Å². The van der Waals surface area contributed by atoms with Crippen molar-refractivity contribution in [2.24, 2.45) is 16.2 Å². The van der Waals surface area contributed by atoms with E-state index in [0.717, 1.165) is 11.1 Å². The molecule has 6 rings (SSSR count). The lowest BCUT2D eigenvalue weighted by molar-refractivity contribution is 0.349. The Labute approximate surface area is 249 Å². The SMILES string of the molecule is Cc1cc(C)c(C#C[P@]2[C@]3(C(C)(C)C)[C@H]4P3[C@H](C(C)(C)C)P3[C@@]4(c4c(C)cc(C)cc4C)[C@@]32C(C)(C)C)c(C)c1. The minimum Gasteiger partial charge on any atom is -0.0796 e. The van der Waals surface area contributed by atoms with Crippen LogP contribution in [0.1, 0.15) is 107 Å². The van der Waals surface area contributed by atoms with Crippen molar-refractivity contribution in [3.05, 3.63) is 68.8 Å². The lowest BCUT2D eigenvalue weighted by atomic mass is 9.74. The molecular weight excluding hydrogens is 537 g/mol. The predicted octanol–water partition coefficient (Wildman–Crippen LogP) is 11.5. The van der Waals surface area contributed by atoms with Gasteiger partial charge in [0.05, 0.1) is 0 Å². The number of hydrogen-bond acceptors (Lipinski definition) is 0. The minimum atomic E-state index is -0.492. The largest absolute Gasteiger partial charge is 0.0796 e. The number of fused-ring (bicyclic) bond motifs is 2. The Morgan fingerprint density at radius 1 is 0.675 bits per heavy atom. The van der Waals surface area contributed by atoms with E-state index in [9.17, 15) is 0 Å². The van der Waals surface area contributed by atoms with Gasteiger partial charge in [-0.15, -0.1) is 0 Å². The number of hydrogen-bond donors (Lipinski definition) is 0. The van der Waals surface area contributed by atoms with E-state index in [1.54, 1.807) is 16.7 Å². The predicted molar refractivity (Wildman–Crippen MR) is 182 cm³/mol. The molecule has 8 atom stereocenters. The average molecular weight is 589 g/mol. The van der Waals surface area contributed by atoms with Crippen molar-refractivity contribution in [3.63, 3.8) is 0 Å². The fourth-order valence-electron chi connectivity index (χ4n) is 10.2. The molecule has 0 aliphatic carbocycles. The van der Waals surface area contributed by atoms with Crippen molar-refractivity contribution in [1.82, 2.24) is 0 Å². The van der Waals surface area contributed by atoms with E-state index in [-0.39, 0.29) is 26.7 Å². The maximum absolute atomic E-state index is 4.30. The fraction of sp³-hybridized carbons (Fsp3) is 0.622. The summed E-state index contributed by atoms with van der Waals surface area (Å²) >= 11 is 0. The van der Waals surface area contributed by atoms with Gasteiger partial charge in [0.2, 0.25) is 0 Å². The van der Waals surface area contributed by atoms with Gasteiger partial charge in [-0.1, -0.05) is 125 Å². The molecule has 2 unspecified atom stereocenters. The van der Waals surface area contributed by atoms with E-state index < -0.39 is 7.92 Å². The first-order valence-corrected chi connectivity index (χ1v) is 19.5. The highest BCUT2D eigenvalue weighted by Crippen LogP contribution is 3.28. The topological polar surface area (TPSA) is 0 Å². The standard InChI is InChI=1S/C37H51P3/c1-22-18-24(3)28(25(4)19-22)16-17-38-36(33(10,11)12)30-35(29-26(5)20-23(2)21-27(29)6)37(38,34(13,14)15)40(35)31(39(30)36)32(7,8)9/h18-21,30-31H,1-15H3/t30-,31-,35+,36+,37+,38+,39?,40?/m0/s1. The van der Waals surface area contributed by atoms with Crippen LogP contribution in [-0.4, -0.2) is 20.9 Å². The Hall–Kier alpha value is -0.710. The van der Waals surface area contributed by atoms with Crippen LogP contribution in [0.2, 0.25) is 0 Å². The van der Waals surface area contributed by atoms with Crippen LogP contribution >= 0.6 is 23.8 Å². The second-order valence-electron chi connectivity index (χ2n) is 16.7. The summed E-state index contributed by atoms with van der Waals surface area (Å²) < 4.78 is 0. The molecule has 4 aliphatic rings. The Kier molecular flexibility index (Phi) is 6.06. The molecular formula is C37H51P3. The molecule has 2 aromatic carbocycles. The highest BCUT2D eigenvalue weighted by molar-refractivity contribution is 8.09. The Morgan fingerprint density at radius 2 is 1.15 bits per heavy atom. The Morgan fingerprint density at radius 3 is 1.57 bits per heavy atom. The zero-order valence-electron chi connectivity index (χ0n) is 27.8. The lowest BCUT2D eigenvalue weighted by Gasteiger charge is -2.51. The van der Waals surface area contributed by atoms with Crippen LogP contribution in [0.5, 0.6) is 0 Å². The second-order valence-corrected chi connectivity index (χ2v) is 25.3. The van der Waals surface area contributed by atoms with Crippen molar-refractivity contribution in [1.29, 1.82) is 0 Å². The van der Waals surface area contributed by atoms with Crippen LogP contribution in [0.25, 0.3) is 0 Å². The van der Waals surface area contributed by atoms with E-state index >= 15 is 0 Å². The molecule has 4 aliphatic heterocycles.